The van der Waals surface area contributed by atoms with Gasteiger partial charge in [0.25, 0.3) is 0 Å². The lowest BCUT2D eigenvalue weighted by molar-refractivity contribution is -0.146. The standard InChI is InChI=1S/C21H31N5O2/c27-20(21-11-15-7-16(12-21)9-17(8-15)13-21)23-2-1-22-18-10-19(25-14-24-18)26-3-5-28-6-4-26/h10,14-17H,1-9,11-13H2,(H,23,27)(H,22,24,25). The minimum absolute atomic E-state index is 0.0623. The highest BCUT2D eigenvalue weighted by atomic mass is 16.5. The number of hydrogen-bond acceptors (Lipinski definition) is 6. The predicted molar refractivity (Wildman–Crippen MR) is 107 cm³/mol. The molecule has 28 heavy (non-hydrogen) atoms. The van der Waals surface area contributed by atoms with Crippen LogP contribution < -0.4 is 15.5 Å². The summed E-state index contributed by atoms with van der Waals surface area (Å²) < 4.78 is 5.40. The topological polar surface area (TPSA) is 79.4 Å². The smallest absolute Gasteiger partial charge is 0.226 e. The summed E-state index contributed by atoms with van der Waals surface area (Å²) in [6.07, 6.45) is 9.06. The van der Waals surface area contributed by atoms with Gasteiger partial charge in [0.2, 0.25) is 5.91 Å². The zero-order chi connectivity index (χ0) is 19.0. The summed E-state index contributed by atoms with van der Waals surface area (Å²) in [4.78, 5) is 23.9. The molecule has 152 valence electrons. The van der Waals surface area contributed by atoms with E-state index in [9.17, 15) is 4.79 Å². The van der Waals surface area contributed by atoms with Crippen molar-refractivity contribution >= 4 is 17.5 Å². The van der Waals surface area contributed by atoms with E-state index in [0.717, 1.165) is 75.0 Å². The van der Waals surface area contributed by atoms with Gasteiger partial charge in [0.15, 0.2) is 0 Å². The van der Waals surface area contributed by atoms with E-state index in [2.05, 4.69) is 25.5 Å². The number of ether oxygens (including phenoxy) is 1. The Hall–Kier alpha value is -1.89. The van der Waals surface area contributed by atoms with Gasteiger partial charge in [-0.05, 0) is 56.3 Å². The Balaban J connectivity index is 1.11. The Morgan fingerprint density at radius 2 is 1.75 bits per heavy atom. The monoisotopic (exact) mass is 385 g/mol. The highest BCUT2D eigenvalue weighted by molar-refractivity contribution is 5.83. The van der Waals surface area contributed by atoms with Crippen molar-refractivity contribution in [3.8, 4) is 0 Å². The van der Waals surface area contributed by atoms with Gasteiger partial charge in [0.1, 0.15) is 18.0 Å². The Bertz CT molecular complexity index is 683. The Labute approximate surface area is 166 Å². The number of hydrogen-bond donors (Lipinski definition) is 2. The van der Waals surface area contributed by atoms with E-state index in [-0.39, 0.29) is 5.41 Å². The molecule has 1 aromatic heterocycles. The molecule has 1 amide bonds. The molecule has 5 aliphatic rings. The van der Waals surface area contributed by atoms with Crippen LogP contribution in [0.15, 0.2) is 12.4 Å². The maximum Gasteiger partial charge on any atom is 0.226 e. The lowest BCUT2D eigenvalue weighted by atomic mass is 9.49. The molecule has 4 bridgehead atoms. The normalized spacial score (nSPS) is 33.7. The maximum absolute atomic E-state index is 13.0. The quantitative estimate of drug-likeness (QED) is 0.730. The first-order valence-corrected chi connectivity index (χ1v) is 10.9. The molecule has 7 nitrogen and oxygen atoms in total. The summed E-state index contributed by atoms with van der Waals surface area (Å²) in [5.74, 6) is 4.43. The van der Waals surface area contributed by atoms with E-state index in [1.807, 2.05) is 6.07 Å². The zero-order valence-corrected chi connectivity index (χ0v) is 16.5. The molecule has 0 spiro atoms. The Morgan fingerprint density at radius 1 is 1.07 bits per heavy atom. The van der Waals surface area contributed by atoms with Crippen LogP contribution >= 0.6 is 0 Å². The van der Waals surface area contributed by atoms with Gasteiger partial charge in [0.05, 0.1) is 13.2 Å². The van der Waals surface area contributed by atoms with Crippen LogP contribution in [0.2, 0.25) is 0 Å². The van der Waals surface area contributed by atoms with Crippen molar-refractivity contribution in [2.24, 2.45) is 23.2 Å². The summed E-state index contributed by atoms with van der Waals surface area (Å²) in [6, 6.07) is 1.98. The largest absolute Gasteiger partial charge is 0.378 e. The van der Waals surface area contributed by atoms with Gasteiger partial charge in [-0.1, -0.05) is 0 Å². The number of nitrogens with one attached hydrogen (secondary N) is 2. The Morgan fingerprint density at radius 3 is 2.43 bits per heavy atom. The minimum atomic E-state index is -0.0623. The van der Waals surface area contributed by atoms with Crippen LogP contribution in [-0.2, 0) is 9.53 Å². The number of carbonyl (C=O) groups is 1. The van der Waals surface area contributed by atoms with Crippen molar-refractivity contribution in [2.75, 3.05) is 49.6 Å². The summed E-state index contributed by atoms with van der Waals surface area (Å²) in [5.41, 5.74) is -0.0623. The van der Waals surface area contributed by atoms with E-state index in [1.54, 1.807) is 6.33 Å². The third-order valence-corrected chi connectivity index (χ3v) is 7.22. The average Bonchev–Trinajstić information content (AvgIpc) is 2.71. The summed E-state index contributed by atoms with van der Waals surface area (Å²) in [7, 11) is 0. The number of amides is 1. The molecule has 1 aromatic rings. The van der Waals surface area contributed by atoms with Gasteiger partial charge in [-0.15, -0.1) is 0 Å². The molecular weight excluding hydrogens is 354 g/mol. The van der Waals surface area contributed by atoms with Gasteiger partial charge in [-0.2, -0.15) is 0 Å². The average molecular weight is 386 g/mol. The molecule has 6 rings (SSSR count). The molecule has 2 N–H and O–H groups in total. The summed E-state index contributed by atoms with van der Waals surface area (Å²) >= 11 is 0. The van der Waals surface area contributed by atoms with Crippen LogP contribution in [0.4, 0.5) is 11.6 Å². The van der Waals surface area contributed by atoms with Crippen molar-refractivity contribution in [3.63, 3.8) is 0 Å². The minimum Gasteiger partial charge on any atom is -0.378 e. The second kappa shape index (κ2) is 7.50. The molecule has 0 unspecified atom stereocenters. The van der Waals surface area contributed by atoms with Gasteiger partial charge in [-0.3, -0.25) is 4.79 Å². The van der Waals surface area contributed by atoms with Crippen LogP contribution in [0, 0.1) is 23.2 Å². The fraction of sp³-hybridized carbons (Fsp3) is 0.762. The van der Waals surface area contributed by atoms with E-state index >= 15 is 0 Å². The van der Waals surface area contributed by atoms with Crippen molar-refractivity contribution < 1.29 is 9.53 Å². The summed E-state index contributed by atoms with van der Waals surface area (Å²) in [6.45, 7) is 4.51. The molecule has 4 saturated carbocycles. The molecule has 0 aromatic carbocycles. The second-order valence-corrected chi connectivity index (χ2v) is 9.24. The highest BCUT2D eigenvalue weighted by Crippen LogP contribution is 2.60. The first-order valence-electron chi connectivity index (χ1n) is 10.9. The van der Waals surface area contributed by atoms with Crippen LogP contribution in [0.3, 0.4) is 0 Å². The first kappa shape index (κ1) is 18.2. The van der Waals surface area contributed by atoms with Crippen molar-refractivity contribution in [1.29, 1.82) is 0 Å². The summed E-state index contributed by atoms with van der Waals surface area (Å²) in [5, 5.41) is 6.55. The van der Waals surface area contributed by atoms with Gasteiger partial charge < -0.3 is 20.3 Å². The fourth-order valence-electron chi connectivity index (χ4n) is 6.35. The number of aromatic nitrogens is 2. The fourth-order valence-corrected chi connectivity index (χ4v) is 6.35. The molecule has 1 aliphatic heterocycles. The number of anilines is 2. The van der Waals surface area contributed by atoms with Gasteiger partial charge in [0, 0.05) is 37.7 Å². The second-order valence-electron chi connectivity index (χ2n) is 9.24. The lowest BCUT2D eigenvalue weighted by Gasteiger charge is -2.55. The molecule has 4 aliphatic carbocycles. The van der Waals surface area contributed by atoms with Gasteiger partial charge in [-0.25, -0.2) is 9.97 Å². The first-order chi connectivity index (χ1) is 13.7. The number of morpholine rings is 1. The number of carbonyl (C=O) groups excluding carboxylic acids is 1. The Kier molecular flexibility index (Phi) is 4.87. The molecule has 0 radical (unpaired) electrons. The van der Waals surface area contributed by atoms with Crippen LogP contribution in [0.25, 0.3) is 0 Å². The molecule has 2 heterocycles. The highest BCUT2D eigenvalue weighted by Gasteiger charge is 2.54. The van der Waals surface area contributed by atoms with Crippen molar-refractivity contribution in [2.45, 2.75) is 38.5 Å². The molecule has 7 heteroatoms. The maximum atomic E-state index is 13.0. The van der Waals surface area contributed by atoms with E-state index in [0.29, 0.717) is 19.0 Å². The number of nitrogens with zero attached hydrogens (tertiary/aromatic N) is 3. The number of rotatable bonds is 6. The van der Waals surface area contributed by atoms with E-state index in [1.165, 1.54) is 19.3 Å². The van der Waals surface area contributed by atoms with Crippen molar-refractivity contribution in [3.05, 3.63) is 12.4 Å². The molecular formula is C21H31N5O2. The zero-order valence-electron chi connectivity index (χ0n) is 16.5. The van der Waals surface area contributed by atoms with Crippen molar-refractivity contribution in [1.82, 2.24) is 15.3 Å². The van der Waals surface area contributed by atoms with Gasteiger partial charge >= 0.3 is 0 Å². The molecule has 1 saturated heterocycles. The van der Waals surface area contributed by atoms with Crippen LogP contribution in [0.1, 0.15) is 38.5 Å². The van der Waals surface area contributed by atoms with E-state index < -0.39 is 0 Å². The predicted octanol–water partition coefficient (Wildman–Crippen LogP) is 2.06. The SMILES string of the molecule is O=C(NCCNc1cc(N2CCOCC2)ncn1)C12CC3CC(CC(C3)C1)C2. The van der Waals surface area contributed by atoms with E-state index in [4.69, 9.17) is 4.74 Å². The third kappa shape index (κ3) is 3.56. The van der Waals surface area contributed by atoms with Crippen LogP contribution in [-0.4, -0.2) is 55.3 Å². The molecule has 5 fully saturated rings. The van der Waals surface area contributed by atoms with Crippen LogP contribution in [0.5, 0.6) is 0 Å². The lowest BCUT2D eigenvalue weighted by Crippen LogP contribution is -2.54. The third-order valence-electron chi connectivity index (χ3n) is 7.22. The molecule has 0 atom stereocenters.